The van der Waals surface area contributed by atoms with Gasteiger partial charge < -0.3 is 10.4 Å². The molecule has 0 rings (SSSR count). The number of unbranched alkanes of at least 4 members (excludes halogenated alkanes) is 3. The SMILES string of the molecule is CC(C)CCCCCC=CC(=O)N[C@H](C(=O)O)C(C)C. The summed E-state index contributed by atoms with van der Waals surface area (Å²) >= 11 is 0. The van der Waals surface area contributed by atoms with Crippen LogP contribution in [0.25, 0.3) is 0 Å². The van der Waals surface area contributed by atoms with Crippen LogP contribution in [0.5, 0.6) is 0 Å². The molecule has 2 N–H and O–H groups in total. The van der Waals surface area contributed by atoms with Gasteiger partial charge in [0, 0.05) is 0 Å². The highest BCUT2D eigenvalue weighted by Gasteiger charge is 2.22. The van der Waals surface area contributed by atoms with Crippen molar-refractivity contribution in [2.75, 3.05) is 0 Å². The van der Waals surface area contributed by atoms with Crippen molar-refractivity contribution in [3.05, 3.63) is 12.2 Å². The number of rotatable bonds is 10. The molecule has 0 saturated heterocycles. The summed E-state index contributed by atoms with van der Waals surface area (Å²) in [5.41, 5.74) is 0. The molecule has 0 bridgehead atoms. The van der Waals surface area contributed by atoms with Crippen molar-refractivity contribution >= 4 is 11.9 Å². The van der Waals surface area contributed by atoms with Crippen LogP contribution in [0.1, 0.15) is 59.8 Å². The fourth-order valence-corrected chi connectivity index (χ4v) is 1.90. The van der Waals surface area contributed by atoms with E-state index in [1.54, 1.807) is 13.8 Å². The predicted octanol–water partition coefficient (Wildman–Crippen LogP) is 3.37. The lowest BCUT2D eigenvalue weighted by molar-refractivity contribution is -0.142. The predicted molar refractivity (Wildman–Crippen MR) is 81.5 cm³/mol. The van der Waals surface area contributed by atoms with Gasteiger partial charge in [-0.05, 0) is 30.8 Å². The zero-order chi connectivity index (χ0) is 15.5. The lowest BCUT2D eigenvalue weighted by Crippen LogP contribution is -2.43. The molecule has 4 nitrogen and oxygen atoms in total. The summed E-state index contributed by atoms with van der Waals surface area (Å²) in [5, 5.41) is 11.5. The van der Waals surface area contributed by atoms with Crippen LogP contribution in [0.3, 0.4) is 0 Å². The van der Waals surface area contributed by atoms with Gasteiger partial charge >= 0.3 is 5.97 Å². The van der Waals surface area contributed by atoms with Crippen LogP contribution in [0, 0.1) is 11.8 Å². The minimum absolute atomic E-state index is 0.124. The number of carbonyl (C=O) groups excluding carboxylic acids is 1. The van der Waals surface area contributed by atoms with Gasteiger partial charge in [0.05, 0.1) is 0 Å². The normalized spacial score (nSPS) is 13.1. The summed E-state index contributed by atoms with van der Waals surface area (Å²) < 4.78 is 0. The number of carboxylic acid groups (broad SMARTS) is 1. The first kappa shape index (κ1) is 18.7. The summed E-state index contributed by atoms with van der Waals surface area (Å²) in [6, 6.07) is -0.821. The quantitative estimate of drug-likeness (QED) is 0.477. The maximum atomic E-state index is 11.6. The van der Waals surface area contributed by atoms with Gasteiger partial charge in [-0.2, -0.15) is 0 Å². The van der Waals surface area contributed by atoms with Crippen molar-refractivity contribution in [3.63, 3.8) is 0 Å². The van der Waals surface area contributed by atoms with E-state index in [0.29, 0.717) is 0 Å². The molecule has 0 aromatic carbocycles. The number of hydrogen-bond acceptors (Lipinski definition) is 2. The Bertz CT molecular complexity index is 322. The molecule has 0 aromatic heterocycles. The Morgan fingerprint density at radius 2 is 1.75 bits per heavy atom. The molecular formula is C16H29NO3. The molecule has 0 fully saturated rings. The minimum atomic E-state index is -0.990. The molecule has 0 aromatic rings. The third kappa shape index (κ3) is 9.59. The second-order valence-corrected chi connectivity index (χ2v) is 6.00. The molecule has 0 heterocycles. The molecule has 0 aliphatic rings. The van der Waals surface area contributed by atoms with Gasteiger partial charge in [-0.3, -0.25) is 4.79 Å². The zero-order valence-electron chi connectivity index (χ0n) is 13.2. The molecule has 1 atom stereocenters. The average molecular weight is 283 g/mol. The van der Waals surface area contributed by atoms with Crippen molar-refractivity contribution in [3.8, 4) is 0 Å². The van der Waals surface area contributed by atoms with Crippen molar-refractivity contribution in [1.82, 2.24) is 5.32 Å². The van der Waals surface area contributed by atoms with Crippen LogP contribution in [0.4, 0.5) is 0 Å². The van der Waals surface area contributed by atoms with Gasteiger partial charge in [-0.1, -0.05) is 53.0 Å². The smallest absolute Gasteiger partial charge is 0.326 e. The molecule has 0 spiro atoms. The van der Waals surface area contributed by atoms with Crippen LogP contribution in [-0.2, 0) is 9.59 Å². The molecular weight excluding hydrogens is 254 g/mol. The number of hydrogen-bond donors (Lipinski definition) is 2. The number of nitrogens with one attached hydrogen (secondary N) is 1. The first-order valence-electron chi connectivity index (χ1n) is 7.54. The van der Waals surface area contributed by atoms with E-state index < -0.39 is 12.0 Å². The van der Waals surface area contributed by atoms with Crippen molar-refractivity contribution in [2.24, 2.45) is 11.8 Å². The Kier molecular flexibility index (Phi) is 9.77. The van der Waals surface area contributed by atoms with Gasteiger partial charge in [-0.15, -0.1) is 0 Å². The number of amides is 1. The van der Waals surface area contributed by atoms with Crippen molar-refractivity contribution in [1.29, 1.82) is 0 Å². The number of aliphatic carboxylic acids is 1. The van der Waals surface area contributed by atoms with Crippen LogP contribution < -0.4 is 5.32 Å². The molecule has 0 unspecified atom stereocenters. The van der Waals surface area contributed by atoms with E-state index in [9.17, 15) is 9.59 Å². The fourth-order valence-electron chi connectivity index (χ4n) is 1.90. The van der Waals surface area contributed by atoms with Crippen molar-refractivity contribution in [2.45, 2.75) is 65.8 Å². The fraction of sp³-hybridized carbons (Fsp3) is 0.750. The molecule has 116 valence electrons. The molecule has 0 radical (unpaired) electrons. The van der Waals surface area contributed by atoms with Crippen molar-refractivity contribution < 1.29 is 14.7 Å². The molecule has 4 heteroatoms. The topological polar surface area (TPSA) is 66.4 Å². The van der Waals surface area contributed by atoms with E-state index in [1.165, 1.54) is 25.3 Å². The summed E-state index contributed by atoms with van der Waals surface area (Å²) in [5.74, 6) is -0.690. The third-order valence-corrected chi connectivity index (χ3v) is 3.15. The van der Waals surface area contributed by atoms with Crippen LogP contribution in [-0.4, -0.2) is 23.0 Å². The van der Waals surface area contributed by atoms with Gasteiger partial charge in [-0.25, -0.2) is 4.79 Å². The monoisotopic (exact) mass is 283 g/mol. The van der Waals surface area contributed by atoms with Gasteiger partial charge in [0.25, 0.3) is 0 Å². The summed E-state index contributed by atoms with van der Waals surface area (Å²) in [6.45, 7) is 7.99. The second-order valence-electron chi connectivity index (χ2n) is 6.00. The minimum Gasteiger partial charge on any atom is -0.480 e. The highest BCUT2D eigenvalue weighted by Crippen LogP contribution is 2.09. The summed E-state index contributed by atoms with van der Waals surface area (Å²) in [7, 11) is 0. The molecule has 1 amide bonds. The van der Waals surface area contributed by atoms with Crippen LogP contribution >= 0.6 is 0 Å². The highest BCUT2D eigenvalue weighted by molar-refractivity contribution is 5.91. The maximum absolute atomic E-state index is 11.6. The Morgan fingerprint density at radius 3 is 2.25 bits per heavy atom. The zero-order valence-corrected chi connectivity index (χ0v) is 13.2. The largest absolute Gasteiger partial charge is 0.480 e. The number of carbonyl (C=O) groups is 2. The van der Waals surface area contributed by atoms with E-state index >= 15 is 0 Å². The first-order valence-corrected chi connectivity index (χ1v) is 7.54. The number of allylic oxidation sites excluding steroid dienone is 1. The maximum Gasteiger partial charge on any atom is 0.326 e. The molecule has 0 saturated carbocycles. The summed E-state index contributed by atoms with van der Waals surface area (Å²) in [6.07, 6.45) is 8.86. The number of carboxylic acids is 1. The van der Waals surface area contributed by atoms with Gasteiger partial charge in [0.1, 0.15) is 6.04 Å². The molecule has 20 heavy (non-hydrogen) atoms. The Morgan fingerprint density at radius 1 is 1.10 bits per heavy atom. The first-order chi connectivity index (χ1) is 9.34. The van der Waals surface area contributed by atoms with E-state index in [1.807, 2.05) is 6.08 Å². The van der Waals surface area contributed by atoms with Crippen LogP contribution in [0.15, 0.2) is 12.2 Å². The van der Waals surface area contributed by atoms with E-state index in [4.69, 9.17) is 5.11 Å². The summed E-state index contributed by atoms with van der Waals surface area (Å²) in [4.78, 5) is 22.5. The van der Waals surface area contributed by atoms with E-state index in [-0.39, 0.29) is 11.8 Å². The van der Waals surface area contributed by atoms with E-state index in [0.717, 1.165) is 18.8 Å². The van der Waals surface area contributed by atoms with Gasteiger partial charge in [0.15, 0.2) is 0 Å². The molecule has 0 aliphatic carbocycles. The van der Waals surface area contributed by atoms with E-state index in [2.05, 4.69) is 19.2 Å². The van der Waals surface area contributed by atoms with Gasteiger partial charge in [0.2, 0.25) is 5.91 Å². The Balaban J connectivity index is 3.85. The lowest BCUT2D eigenvalue weighted by atomic mass is 10.0. The average Bonchev–Trinajstić information content (AvgIpc) is 2.33. The second kappa shape index (κ2) is 10.5. The lowest BCUT2D eigenvalue weighted by Gasteiger charge is -2.16. The standard InChI is InChI=1S/C16H29NO3/c1-12(2)10-8-6-5-7-9-11-14(18)17-15(13(3)4)16(19)20/h9,11-13,15H,5-8,10H2,1-4H3,(H,17,18)(H,19,20)/t15-/m0/s1. The third-order valence-electron chi connectivity index (χ3n) is 3.15. The highest BCUT2D eigenvalue weighted by atomic mass is 16.4. The Labute approximate surface area is 122 Å². The Hall–Kier alpha value is -1.32. The van der Waals surface area contributed by atoms with Crippen LogP contribution in [0.2, 0.25) is 0 Å². The molecule has 0 aliphatic heterocycles.